The van der Waals surface area contributed by atoms with Gasteiger partial charge in [0.15, 0.2) is 0 Å². The lowest BCUT2D eigenvalue weighted by atomic mass is 10.3. The molecule has 0 fully saturated rings. The molecule has 0 N–H and O–H groups in total. The molecule has 84 valence electrons. The number of halogens is 5. The second-order valence-corrected chi connectivity index (χ2v) is 3.64. The maximum atomic E-state index is 13.0. The van der Waals surface area contributed by atoms with E-state index < -0.39 is 17.9 Å². The summed E-state index contributed by atoms with van der Waals surface area (Å²) in [5.74, 6) is -1.28. The Morgan fingerprint density at radius 1 is 1.33 bits per heavy atom. The fourth-order valence-corrected chi connectivity index (χ4v) is 1.87. The summed E-state index contributed by atoms with van der Waals surface area (Å²) in [6, 6.07) is 1.71. The molecule has 0 saturated carbocycles. The van der Waals surface area contributed by atoms with Crippen molar-refractivity contribution in [1.82, 2.24) is 0 Å². The van der Waals surface area contributed by atoms with Crippen molar-refractivity contribution in [2.45, 2.75) is 11.3 Å². The Kier molecular flexibility index (Phi) is 3.72. The van der Waals surface area contributed by atoms with Gasteiger partial charge in [0.25, 0.3) is 0 Å². The van der Waals surface area contributed by atoms with Gasteiger partial charge < -0.3 is 4.74 Å². The number of ether oxygens (including phenoxy) is 1. The predicted molar refractivity (Wildman–Crippen MR) is 49.9 cm³/mol. The highest BCUT2D eigenvalue weighted by molar-refractivity contribution is 7.98. The van der Waals surface area contributed by atoms with E-state index >= 15 is 0 Å². The zero-order chi connectivity index (χ0) is 11.6. The first-order valence-electron chi connectivity index (χ1n) is 3.63. The minimum Gasteiger partial charge on any atom is -0.404 e. The summed E-state index contributed by atoms with van der Waals surface area (Å²) in [6.45, 7) is 0. The van der Waals surface area contributed by atoms with Gasteiger partial charge in [0.1, 0.15) is 11.6 Å². The van der Waals surface area contributed by atoms with E-state index in [0.29, 0.717) is 0 Å². The third kappa shape index (κ3) is 3.17. The number of thioether (sulfide) groups is 1. The Morgan fingerprint density at radius 3 is 2.40 bits per heavy atom. The topological polar surface area (TPSA) is 9.23 Å². The molecule has 0 bridgehead atoms. The largest absolute Gasteiger partial charge is 0.573 e. The van der Waals surface area contributed by atoms with Crippen LogP contribution >= 0.6 is 23.4 Å². The highest BCUT2D eigenvalue weighted by atomic mass is 35.5. The highest BCUT2D eigenvalue weighted by Gasteiger charge is 2.32. The Labute approximate surface area is 92.4 Å². The van der Waals surface area contributed by atoms with Crippen LogP contribution in [-0.4, -0.2) is 12.6 Å². The van der Waals surface area contributed by atoms with Gasteiger partial charge in [0.05, 0.1) is 9.92 Å². The summed E-state index contributed by atoms with van der Waals surface area (Å²) in [4.78, 5) is -0.0709. The van der Waals surface area contributed by atoms with Gasteiger partial charge in [-0.1, -0.05) is 11.6 Å². The fraction of sp³-hybridized carbons (Fsp3) is 0.250. The van der Waals surface area contributed by atoms with Gasteiger partial charge in [-0.25, -0.2) is 4.39 Å². The SMILES string of the molecule is CSc1c(F)ccc(OC(F)(F)F)c1Cl. The first-order valence-corrected chi connectivity index (χ1v) is 5.23. The number of rotatable bonds is 2. The van der Waals surface area contributed by atoms with E-state index in [1.165, 1.54) is 6.26 Å². The molecule has 0 unspecified atom stereocenters. The highest BCUT2D eigenvalue weighted by Crippen LogP contribution is 2.38. The molecule has 0 aliphatic carbocycles. The van der Waals surface area contributed by atoms with E-state index in [1.807, 2.05) is 0 Å². The van der Waals surface area contributed by atoms with Gasteiger partial charge in [-0.2, -0.15) is 0 Å². The molecule has 15 heavy (non-hydrogen) atoms. The predicted octanol–water partition coefficient (Wildman–Crippen LogP) is 4.10. The standard InChI is InChI=1S/C8H5ClF4OS/c1-15-7-4(10)2-3-5(6(7)9)14-8(11,12)13/h2-3H,1H3. The van der Waals surface area contributed by atoms with Gasteiger partial charge in [-0.05, 0) is 18.4 Å². The zero-order valence-electron chi connectivity index (χ0n) is 7.36. The van der Waals surface area contributed by atoms with E-state index in [2.05, 4.69) is 4.74 Å². The van der Waals surface area contributed by atoms with E-state index in [0.717, 1.165) is 23.9 Å². The number of benzene rings is 1. The fourth-order valence-electron chi connectivity index (χ4n) is 0.905. The molecule has 1 aromatic carbocycles. The van der Waals surface area contributed by atoms with Crippen LogP contribution in [-0.2, 0) is 0 Å². The smallest absolute Gasteiger partial charge is 0.404 e. The molecular weight excluding hydrogens is 256 g/mol. The third-order valence-electron chi connectivity index (χ3n) is 1.44. The number of hydrogen-bond donors (Lipinski definition) is 0. The van der Waals surface area contributed by atoms with Crippen LogP contribution in [0.3, 0.4) is 0 Å². The second-order valence-electron chi connectivity index (χ2n) is 2.44. The Balaban J connectivity index is 3.11. The van der Waals surface area contributed by atoms with Crippen molar-refractivity contribution in [2.75, 3.05) is 6.26 Å². The zero-order valence-corrected chi connectivity index (χ0v) is 8.93. The molecule has 7 heteroatoms. The summed E-state index contributed by atoms with van der Waals surface area (Å²) >= 11 is 6.44. The molecule has 0 radical (unpaired) electrons. The second kappa shape index (κ2) is 4.49. The minimum atomic E-state index is -4.84. The van der Waals surface area contributed by atoms with Gasteiger partial charge in [-0.3, -0.25) is 0 Å². The minimum absolute atomic E-state index is 0.0709. The Morgan fingerprint density at radius 2 is 1.93 bits per heavy atom. The van der Waals surface area contributed by atoms with Crippen molar-refractivity contribution in [1.29, 1.82) is 0 Å². The van der Waals surface area contributed by atoms with Crippen LogP contribution < -0.4 is 4.74 Å². The number of hydrogen-bond acceptors (Lipinski definition) is 2. The van der Waals surface area contributed by atoms with Gasteiger partial charge >= 0.3 is 6.36 Å². The van der Waals surface area contributed by atoms with Crippen molar-refractivity contribution in [3.8, 4) is 5.75 Å². The van der Waals surface area contributed by atoms with Gasteiger partial charge in [0.2, 0.25) is 0 Å². The summed E-state index contributed by atoms with van der Waals surface area (Å²) in [7, 11) is 0. The van der Waals surface area contributed by atoms with E-state index in [-0.39, 0.29) is 9.92 Å². The third-order valence-corrected chi connectivity index (χ3v) is 2.74. The monoisotopic (exact) mass is 260 g/mol. The van der Waals surface area contributed by atoms with Crippen molar-refractivity contribution in [3.63, 3.8) is 0 Å². The first-order chi connectivity index (χ1) is 6.85. The average molecular weight is 261 g/mol. The lowest BCUT2D eigenvalue weighted by molar-refractivity contribution is -0.274. The Bertz CT molecular complexity index is 366. The summed E-state index contributed by atoms with van der Waals surface area (Å²) in [5.41, 5.74) is 0. The molecule has 0 spiro atoms. The normalized spacial score (nSPS) is 11.6. The maximum Gasteiger partial charge on any atom is 0.573 e. The lowest BCUT2D eigenvalue weighted by Gasteiger charge is -2.12. The van der Waals surface area contributed by atoms with Crippen LogP contribution in [0.2, 0.25) is 5.02 Å². The summed E-state index contributed by atoms with van der Waals surface area (Å²) < 4.78 is 52.3. The maximum absolute atomic E-state index is 13.0. The summed E-state index contributed by atoms with van der Waals surface area (Å²) in [5, 5.41) is -0.375. The molecule has 0 aliphatic rings. The number of alkyl halides is 3. The van der Waals surface area contributed by atoms with Crippen LogP contribution in [0.25, 0.3) is 0 Å². The van der Waals surface area contributed by atoms with E-state index in [4.69, 9.17) is 11.6 Å². The van der Waals surface area contributed by atoms with E-state index in [9.17, 15) is 17.6 Å². The van der Waals surface area contributed by atoms with Gasteiger partial charge in [0, 0.05) is 0 Å². The lowest BCUT2D eigenvalue weighted by Crippen LogP contribution is -2.17. The molecule has 0 saturated heterocycles. The van der Waals surface area contributed by atoms with Crippen molar-refractivity contribution in [2.24, 2.45) is 0 Å². The van der Waals surface area contributed by atoms with Crippen LogP contribution in [0.4, 0.5) is 17.6 Å². The molecule has 0 heterocycles. The van der Waals surface area contributed by atoms with Crippen molar-refractivity contribution >= 4 is 23.4 Å². The van der Waals surface area contributed by atoms with Crippen molar-refractivity contribution in [3.05, 3.63) is 23.0 Å². The molecule has 0 aliphatic heterocycles. The molecule has 0 amide bonds. The quantitative estimate of drug-likeness (QED) is 0.585. The van der Waals surface area contributed by atoms with E-state index in [1.54, 1.807) is 0 Å². The van der Waals surface area contributed by atoms with Crippen LogP contribution in [0.1, 0.15) is 0 Å². The molecule has 1 aromatic rings. The first kappa shape index (κ1) is 12.4. The van der Waals surface area contributed by atoms with Gasteiger partial charge in [-0.15, -0.1) is 24.9 Å². The molecule has 1 nitrogen and oxygen atoms in total. The molecular formula is C8H5ClF4OS. The van der Waals surface area contributed by atoms with Crippen LogP contribution in [0.5, 0.6) is 5.75 Å². The van der Waals surface area contributed by atoms with Crippen molar-refractivity contribution < 1.29 is 22.3 Å². The van der Waals surface area contributed by atoms with Crippen LogP contribution in [0.15, 0.2) is 17.0 Å². The average Bonchev–Trinajstić information content (AvgIpc) is 2.09. The van der Waals surface area contributed by atoms with Crippen LogP contribution in [0, 0.1) is 5.82 Å². The Hall–Kier alpha value is -0.620. The summed E-state index contributed by atoms with van der Waals surface area (Å²) in [6.07, 6.45) is -3.33. The molecule has 0 aromatic heterocycles. The molecule has 1 rings (SSSR count). The molecule has 0 atom stereocenters.